The first-order valence-corrected chi connectivity index (χ1v) is 6.07. The van der Waals surface area contributed by atoms with E-state index in [0.717, 1.165) is 0 Å². The van der Waals surface area contributed by atoms with Crippen molar-refractivity contribution in [2.45, 2.75) is 24.9 Å². The quantitative estimate of drug-likeness (QED) is 0.412. The summed E-state index contributed by atoms with van der Waals surface area (Å²) in [5, 5.41) is -9.63. The van der Waals surface area contributed by atoms with E-state index in [1.54, 1.807) is 0 Å². The van der Waals surface area contributed by atoms with Crippen LogP contribution in [0.25, 0.3) is 0 Å². The molecular weight excluding hydrogens is 419 g/mol. The molecule has 0 aliphatic heterocycles. The molecule has 0 aromatic rings. The van der Waals surface area contributed by atoms with Crippen molar-refractivity contribution in [3.05, 3.63) is 0 Å². The Morgan fingerprint density at radius 1 is 0.667 bits per heavy atom. The standard InChI is InChI=1S/C5Cl7F5O/c6-2(7,8)1(13,4(11,15)16)18-5(12,17)3(9,10)14. The molecule has 0 rings (SSSR count). The fraction of sp³-hybridized carbons (Fsp3) is 1.00. The van der Waals surface area contributed by atoms with Crippen molar-refractivity contribution < 1.29 is 26.7 Å². The Morgan fingerprint density at radius 3 is 1.17 bits per heavy atom. The summed E-state index contributed by atoms with van der Waals surface area (Å²) >= 11 is 32.3. The highest BCUT2D eigenvalue weighted by molar-refractivity contribution is 6.68. The molecule has 0 N–H and O–H groups in total. The molecule has 13 heteroatoms. The van der Waals surface area contributed by atoms with Gasteiger partial charge in [0.05, 0.1) is 0 Å². The van der Waals surface area contributed by atoms with E-state index < -0.39 is 24.9 Å². The molecule has 0 radical (unpaired) electrons. The largest absolute Gasteiger partial charge is 0.384 e. The van der Waals surface area contributed by atoms with Gasteiger partial charge >= 0.3 is 21.1 Å². The van der Waals surface area contributed by atoms with E-state index in [1.807, 2.05) is 0 Å². The lowest BCUT2D eigenvalue weighted by Gasteiger charge is -2.38. The third-order valence-corrected chi connectivity index (χ3v) is 3.32. The van der Waals surface area contributed by atoms with Crippen LogP contribution in [0.2, 0.25) is 0 Å². The van der Waals surface area contributed by atoms with Crippen molar-refractivity contribution in [2.75, 3.05) is 0 Å². The Labute approximate surface area is 132 Å². The first kappa shape index (κ1) is 19.6. The summed E-state index contributed by atoms with van der Waals surface area (Å²) in [5.74, 6) is -4.87. The lowest BCUT2D eigenvalue weighted by Crippen LogP contribution is -2.58. The Morgan fingerprint density at radius 2 is 1.00 bits per heavy atom. The fourth-order valence-electron chi connectivity index (χ4n) is 0.511. The number of hydrogen-bond acceptors (Lipinski definition) is 1. The van der Waals surface area contributed by atoms with E-state index in [-0.39, 0.29) is 0 Å². The second-order valence-electron chi connectivity index (χ2n) is 2.71. The fourth-order valence-corrected chi connectivity index (χ4v) is 1.49. The second kappa shape index (κ2) is 5.44. The highest BCUT2D eigenvalue weighted by Crippen LogP contribution is 2.57. The number of rotatable bonds is 4. The van der Waals surface area contributed by atoms with Gasteiger partial charge in [-0.3, -0.25) is 4.74 Å². The zero-order chi connectivity index (χ0) is 15.2. The number of ether oxygens (including phenoxy) is 1. The molecule has 0 aliphatic carbocycles. The molecule has 0 bridgehead atoms. The smallest absolute Gasteiger partial charge is 0.282 e. The van der Waals surface area contributed by atoms with Gasteiger partial charge < -0.3 is 0 Å². The van der Waals surface area contributed by atoms with Crippen LogP contribution in [-0.2, 0) is 4.74 Å². The van der Waals surface area contributed by atoms with Crippen LogP contribution in [0.1, 0.15) is 0 Å². The lowest BCUT2D eigenvalue weighted by atomic mass is 10.3. The van der Waals surface area contributed by atoms with Crippen LogP contribution in [0.15, 0.2) is 0 Å². The van der Waals surface area contributed by atoms with Gasteiger partial charge in [0.15, 0.2) is 0 Å². The molecule has 1 nitrogen and oxygen atoms in total. The molecule has 0 aliphatic rings. The summed E-state index contributed by atoms with van der Waals surface area (Å²) in [6.45, 7) is 0. The van der Waals surface area contributed by atoms with Crippen LogP contribution in [-0.4, -0.2) is 24.9 Å². The van der Waals surface area contributed by atoms with Gasteiger partial charge in [0.25, 0.3) is 3.79 Å². The summed E-state index contributed by atoms with van der Waals surface area (Å²) in [5.41, 5.74) is 0. The molecule has 0 spiro atoms. The maximum atomic E-state index is 13.7. The third-order valence-electron chi connectivity index (χ3n) is 1.33. The normalized spacial score (nSPS) is 21.3. The minimum absolute atomic E-state index is 3.23. The molecule has 18 heavy (non-hydrogen) atoms. The summed E-state index contributed by atoms with van der Waals surface area (Å²) in [6, 6.07) is 0. The third kappa shape index (κ3) is 4.07. The van der Waals surface area contributed by atoms with E-state index in [1.165, 1.54) is 0 Å². The summed E-state index contributed by atoms with van der Waals surface area (Å²) in [6.07, 6.45) is 0. The summed E-state index contributed by atoms with van der Waals surface area (Å²) < 4.78 is 60.7. The molecule has 2 unspecified atom stereocenters. The van der Waals surface area contributed by atoms with Crippen LogP contribution < -0.4 is 0 Å². The maximum absolute atomic E-state index is 13.7. The Hall–Kier alpha value is 1.64. The Bertz CT molecular complexity index is 291. The Balaban J connectivity index is 5.58. The topological polar surface area (TPSA) is 9.23 Å². The van der Waals surface area contributed by atoms with Crippen LogP contribution in [0.3, 0.4) is 0 Å². The zero-order valence-corrected chi connectivity index (χ0v) is 12.7. The van der Waals surface area contributed by atoms with E-state index in [2.05, 4.69) is 51.1 Å². The van der Waals surface area contributed by atoms with Gasteiger partial charge in [0, 0.05) is 0 Å². The molecule has 0 aromatic heterocycles. The highest BCUT2D eigenvalue weighted by Gasteiger charge is 2.73. The minimum Gasteiger partial charge on any atom is -0.282 e. The van der Waals surface area contributed by atoms with E-state index in [0.29, 0.717) is 0 Å². The van der Waals surface area contributed by atoms with E-state index in [4.69, 9.17) is 34.8 Å². The zero-order valence-electron chi connectivity index (χ0n) is 7.44. The number of hydrogen-bond donors (Lipinski definition) is 0. The van der Waals surface area contributed by atoms with Crippen LogP contribution in [0.5, 0.6) is 0 Å². The van der Waals surface area contributed by atoms with Gasteiger partial charge in [0.2, 0.25) is 0 Å². The predicted octanol–water partition coefficient (Wildman–Crippen LogP) is 5.83. The SMILES string of the molecule is FC(F)(Cl)C(F)(OC(F)(Cl)C(F)(Cl)Cl)C(Cl)(Cl)Cl. The van der Waals surface area contributed by atoms with Crippen molar-refractivity contribution in [2.24, 2.45) is 0 Å². The first-order valence-electron chi connectivity index (χ1n) is 3.43. The monoisotopic (exact) mass is 416 g/mol. The van der Waals surface area contributed by atoms with Crippen LogP contribution in [0.4, 0.5) is 22.0 Å². The second-order valence-corrected chi connectivity index (χ2v) is 7.18. The van der Waals surface area contributed by atoms with Gasteiger partial charge in [-0.1, -0.05) is 58.0 Å². The maximum Gasteiger partial charge on any atom is 0.384 e. The van der Waals surface area contributed by atoms with Crippen molar-refractivity contribution in [3.8, 4) is 0 Å². The molecule has 2 atom stereocenters. The Kier molecular flexibility index (Phi) is 5.94. The summed E-state index contributed by atoms with van der Waals surface area (Å²) in [7, 11) is 0. The van der Waals surface area contributed by atoms with Gasteiger partial charge in [-0.2, -0.15) is 22.0 Å². The molecule has 110 valence electrons. The average Bonchev–Trinajstić information content (AvgIpc) is 1.95. The van der Waals surface area contributed by atoms with Gasteiger partial charge in [-0.05, 0) is 23.2 Å². The van der Waals surface area contributed by atoms with Gasteiger partial charge in [-0.15, -0.1) is 0 Å². The van der Waals surface area contributed by atoms with E-state index in [9.17, 15) is 22.0 Å². The minimum atomic E-state index is -5.11. The molecule has 0 fully saturated rings. The molecular formula is C5Cl7F5O. The molecule has 0 amide bonds. The molecule has 0 aromatic carbocycles. The molecule has 0 saturated heterocycles. The number of halogens is 12. The van der Waals surface area contributed by atoms with E-state index >= 15 is 0 Å². The lowest BCUT2D eigenvalue weighted by molar-refractivity contribution is -0.307. The van der Waals surface area contributed by atoms with Crippen molar-refractivity contribution in [1.82, 2.24) is 0 Å². The van der Waals surface area contributed by atoms with Crippen molar-refractivity contribution in [3.63, 3.8) is 0 Å². The molecule has 0 heterocycles. The average molecular weight is 419 g/mol. The van der Waals surface area contributed by atoms with Crippen molar-refractivity contribution in [1.29, 1.82) is 0 Å². The highest BCUT2D eigenvalue weighted by atomic mass is 35.6. The van der Waals surface area contributed by atoms with Gasteiger partial charge in [0.1, 0.15) is 0 Å². The van der Waals surface area contributed by atoms with Crippen LogP contribution in [0, 0.1) is 0 Å². The van der Waals surface area contributed by atoms with Gasteiger partial charge in [-0.25, -0.2) is 0 Å². The van der Waals surface area contributed by atoms with Crippen LogP contribution >= 0.6 is 81.2 Å². The number of alkyl halides is 12. The van der Waals surface area contributed by atoms with Crippen molar-refractivity contribution >= 4 is 81.2 Å². The predicted molar refractivity (Wildman–Crippen MR) is 61.3 cm³/mol. The molecule has 0 saturated carbocycles. The first-order chi connectivity index (χ1) is 7.46. The summed E-state index contributed by atoms with van der Waals surface area (Å²) in [4.78, 5) is 0.